The molecule has 378 valence electrons. The molecule has 3 amide bonds. The van der Waals surface area contributed by atoms with Crippen LogP contribution in [0.4, 0.5) is 28.4 Å². The largest absolute Gasteiger partial charge is 0.458 e. The lowest BCUT2D eigenvalue weighted by atomic mass is 9.75. The number of pyridine rings is 2. The van der Waals surface area contributed by atoms with Gasteiger partial charge in [0.25, 0.3) is 11.5 Å². The Hall–Kier alpha value is -7.29. The van der Waals surface area contributed by atoms with Gasteiger partial charge in [-0.1, -0.05) is 27.7 Å². The van der Waals surface area contributed by atoms with Crippen molar-refractivity contribution in [3.05, 3.63) is 97.6 Å². The quantitative estimate of drug-likeness (QED) is 0.134. The van der Waals surface area contributed by atoms with Crippen molar-refractivity contribution in [1.82, 2.24) is 29.1 Å². The predicted octanol–water partition coefficient (Wildman–Crippen LogP) is 6.78. The third kappa shape index (κ3) is 8.39. The molecule has 0 bridgehead atoms. The monoisotopic (exact) mass is 994 g/mol. The summed E-state index contributed by atoms with van der Waals surface area (Å²) in [5, 5.41) is 19.2. The first-order valence-electron chi connectivity index (χ1n) is 24.2. The lowest BCUT2D eigenvalue weighted by Gasteiger charge is -2.35. The number of carbonyl (C=O) groups excluding carboxylic acids is 5. The average Bonchev–Trinajstić information content (AvgIpc) is 3.91. The van der Waals surface area contributed by atoms with Gasteiger partial charge in [-0.2, -0.15) is 18.3 Å². The number of aromatic nitrogens is 4. The molecule has 2 aromatic carbocycles. The number of benzene rings is 2. The zero-order valence-electron chi connectivity index (χ0n) is 40.1. The number of esters is 1. The number of alkyl halides is 3. The Morgan fingerprint density at radius 1 is 0.931 bits per heavy atom. The molecule has 21 heteroatoms. The number of piperazine rings is 1. The number of aryl methyl sites for hydroxylation is 1. The van der Waals surface area contributed by atoms with Gasteiger partial charge >= 0.3 is 24.3 Å². The van der Waals surface area contributed by atoms with Crippen LogP contribution in [-0.4, -0.2) is 102 Å². The molecule has 1 atom stereocenters. The molecule has 5 aromatic rings. The van der Waals surface area contributed by atoms with Gasteiger partial charge in [-0.3, -0.25) is 14.4 Å². The summed E-state index contributed by atoms with van der Waals surface area (Å²) in [6.07, 6.45) is -3.60. The smallest absolute Gasteiger partial charge is 0.435 e. The van der Waals surface area contributed by atoms with Crippen LogP contribution in [0, 0.1) is 5.41 Å². The van der Waals surface area contributed by atoms with Crippen molar-refractivity contribution in [3.63, 3.8) is 0 Å². The second-order valence-electron chi connectivity index (χ2n) is 20.0. The Morgan fingerprint density at radius 3 is 2.31 bits per heavy atom. The first kappa shape index (κ1) is 48.3. The molecular formula is C51H53F3N8O10. The van der Waals surface area contributed by atoms with Gasteiger partial charge in [-0.15, -0.1) is 0 Å². The highest BCUT2D eigenvalue weighted by atomic mass is 19.4. The number of ether oxygens (including phenoxy) is 3. The number of halogens is 3. The van der Waals surface area contributed by atoms with E-state index < -0.39 is 64.4 Å². The highest BCUT2D eigenvalue weighted by Crippen LogP contribution is 2.44. The van der Waals surface area contributed by atoms with Gasteiger partial charge in [0, 0.05) is 60.8 Å². The maximum absolute atomic E-state index is 14.2. The third-order valence-corrected chi connectivity index (χ3v) is 14.8. The normalized spacial score (nSPS) is 21.3. The summed E-state index contributed by atoms with van der Waals surface area (Å²) in [4.78, 5) is 86.7. The zero-order chi connectivity index (χ0) is 51.2. The van der Waals surface area contributed by atoms with Crippen LogP contribution >= 0.6 is 0 Å². The van der Waals surface area contributed by atoms with E-state index in [-0.39, 0.29) is 98.3 Å². The van der Waals surface area contributed by atoms with E-state index in [0.29, 0.717) is 60.4 Å². The second-order valence-corrected chi connectivity index (χ2v) is 20.0. The van der Waals surface area contributed by atoms with Crippen molar-refractivity contribution >= 4 is 46.4 Å². The lowest BCUT2D eigenvalue weighted by molar-refractivity contribution is -0.172. The van der Waals surface area contributed by atoms with E-state index in [9.17, 15) is 47.0 Å². The predicted molar refractivity (Wildman–Crippen MR) is 253 cm³/mol. The minimum absolute atomic E-state index is 0.0308. The Balaban J connectivity index is 0.749. The summed E-state index contributed by atoms with van der Waals surface area (Å²) in [6, 6.07) is 11.0. The standard InChI is InChI=1S/C51H53F3N8O10/c1-5-30-32-20-29(12-14-36(32)57-42-33(30)24-61-38(42)21-35-34(45(61)65)25-70-46(66)50(35,69)6-2)72-48(68)60-17-15-59(16-18-60)47(67)71-28-10-7-26(8-11-28)56-37-19-27(9-13-31(37)44(55)64)62-39-22-49(3,4)23-40(63)41(39)43(58-62)51(52,53)54/h9,12-14,19-21,26,28,56,69H,5-8,10-11,15-18,22-25H2,1-4H3,(H2,55,64)/t26-,28-,50-/m0/s1. The minimum Gasteiger partial charge on any atom is -0.458 e. The third-order valence-electron chi connectivity index (χ3n) is 14.8. The summed E-state index contributed by atoms with van der Waals surface area (Å²) in [6.45, 7) is 8.06. The number of hydrogen-bond acceptors (Lipinski definition) is 13. The molecule has 2 fully saturated rings. The number of anilines is 1. The Morgan fingerprint density at radius 2 is 1.64 bits per heavy atom. The molecule has 72 heavy (non-hydrogen) atoms. The molecule has 4 N–H and O–H groups in total. The Kier molecular flexibility index (Phi) is 11.9. The molecule has 2 aliphatic carbocycles. The number of primary amides is 1. The zero-order valence-corrected chi connectivity index (χ0v) is 40.1. The van der Waals surface area contributed by atoms with Gasteiger partial charge in [0.05, 0.1) is 51.5 Å². The number of cyclic esters (lactones) is 1. The average molecular weight is 995 g/mol. The number of rotatable bonds is 8. The number of ketones is 1. The fourth-order valence-corrected chi connectivity index (χ4v) is 11.0. The van der Waals surface area contributed by atoms with Crippen LogP contribution in [0.2, 0.25) is 0 Å². The maximum Gasteiger partial charge on any atom is 0.435 e. The van der Waals surface area contributed by atoms with E-state index in [1.165, 1.54) is 28.0 Å². The molecule has 6 heterocycles. The van der Waals surface area contributed by atoms with E-state index in [2.05, 4.69) is 10.4 Å². The highest BCUT2D eigenvalue weighted by molar-refractivity contribution is 6.01. The summed E-state index contributed by atoms with van der Waals surface area (Å²) in [5.74, 6) is -1.87. The maximum atomic E-state index is 14.2. The van der Waals surface area contributed by atoms with Crippen LogP contribution in [0.3, 0.4) is 0 Å². The van der Waals surface area contributed by atoms with Gasteiger partial charge < -0.3 is 44.7 Å². The fourth-order valence-electron chi connectivity index (χ4n) is 11.0. The van der Waals surface area contributed by atoms with Gasteiger partial charge in [-0.25, -0.2) is 24.0 Å². The number of nitrogens with zero attached hydrogens (tertiary/aromatic N) is 6. The summed E-state index contributed by atoms with van der Waals surface area (Å²) in [7, 11) is 0. The van der Waals surface area contributed by atoms with E-state index in [0.717, 1.165) is 21.2 Å². The van der Waals surface area contributed by atoms with Gasteiger partial charge in [0.2, 0.25) is 0 Å². The number of amides is 3. The molecule has 0 radical (unpaired) electrons. The summed E-state index contributed by atoms with van der Waals surface area (Å²) < 4.78 is 62.1. The molecule has 5 aliphatic rings. The SMILES string of the molecule is CCc1c2c(nc3ccc(OC(=O)N4CCN(C(=O)O[C@H]5CC[C@H](Nc6cc(-n7nc(C(F)(F)F)c8c7CC(C)(C)CC8=O)ccc6C(N)=O)CC5)CC4)cc13)-c1cc3c(c(=O)n1C2)COC(=O)[C@]3(O)CC. The van der Waals surface area contributed by atoms with Gasteiger partial charge in [0.1, 0.15) is 18.5 Å². The molecule has 10 rings (SSSR count). The number of Topliss-reactive ketones (excluding diaryl/α,β-unsaturated/α-hetero) is 1. The highest BCUT2D eigenvalue weighted by Gasteiger charge is 2.47. The van der Waals surface area contributed by atoms with Crippen LogP contribution in [0.1, 0.15) is 121 Å². The summed E-state index contributed by atoms with van der Waals surface area (Å²) in [5.41, 5.74) is 5.84. The van der Waals surface area contributed by atoms with Crippen LogP contribution in [0.15, 0.2) is 47.3 Å². The number of nitrogens with two attached hydrogens (primary N) is 1. The number of nitrogens with one attached hydrogen (secondary N) is 1. The Bertz CT molecular complexity index is 3190. The summed E-state index contributed by atoms with van der Waals surface area (Å²) >= 11 is 0. The van der Waals surface area contributed by atoms with Crippen LogP contribution < -0.4 is 21.3 Å². The Labute approximate surface area is 410 Å². The van der Waals surface area contributed by atoms with Crippen LogP contribution in [0.5, 0.6) is 5.75 Å². The number of aliphatic hydroxyl groups is 1. The topological polar surface area (TPSA) is 231 Å². The van der Waals surface area contributed by atoms with Crippen molar-refractivity contribution in [2.24, 2.45) is 11.1 Å². The fraction of sp³-hybridized carbons (Fsp3) is 0.451. The van der Waals surface area contributed by atoms with Gasteiger partial charge in [-0.05, 0) is 98.4 Å². The van der Waals surface area contributed by atoms with Crippen molar-refractivity contribution in [1.29, 1.82) is 0 Å². The van der Waals surface area contributed by atoms with Crippen molar-refractivity contribution < 1.29 is 56.5 Å². The first-order chi connectivity index (χ1) is 34.2. The number of fused-ring (bicyclic) bond motifs is 6. The molecule has 0 spiro atoms. The minimum atomic E-state index is -4.86. The molecule has 0 unspecified atom stereocenters. The van der Waals surface area contributed by atoms with E-state index >= 15 is 0 Å². The van der Waals surface area contributed by atoms with E-state index in [4.69, 9.17) is 24.9 Å². The molecule has 1 saturated carbocycles. The van der Waals surface area contributed by atoms with Crippen molar-refractivity contribution in [3.8, 4) is 22.8 Å². The van der Waals surface area contributed by atoms with Crippen LogP contribution in [-0.2, 0) is 52.0 Å². The molecule has 18 nitrogen and oxygen atoms in total. The number of carbonyl (C=O) groups is 5. The second kappa shape index (κ2) is 17.8. The molecule has 1 saturated heterocycles. The number of hydrogen-bond donors (Lipinski definition) is 3. The molecule has 3 aliphatic heterocycles. The van der Waals surface area contributed by atoms with Crippen molar-refractivity contribution in [2.75, 3.05) is 31.5 Å². The van der Waals surface area contributed by atoms with Crippen molar-refractivity contribution in [2.45, 2.75) is 116 Å². The van der Waals surface area contributed by atoms with E-state index in [1.807, 2.05) is 20.8 Å². The molecular weight excluding hydrogens is 942 g/mol. The lowest BCUT2D eigenvalue weighted by Crippen LogP contribution is -2.52. The van der Waals surface area contributed by atoms with Gasteiger partial charge in [0.15, 0.2) is 17.1 Å². The van der Waals surface area contributed by atoms with Crippen LogP contribution in [0.25, 0.3) is 28.0 Å². The van der Waals surface area contributed by atoms with E-state index in [1.54, 1.807) is 35.8 Å². The molecule has 3 aromatic heterocycles. The first-order valence-corrected chi connectivity index (χ1v) is 24.2.